The number of aromatic nitrogens is 2. The highest BCUT2D eigenvalue weighted by atomic mass is 19.1. The van der Waals surface area contributed by atoms with E-state index in [1.807, 2.05) is 50.6 Å². The van der Waals surface area contributed by atoms with Crippen LogP contribution in [0.3, 0.4) is 0 Å². The van der Waals surface area contributed by atoms with Crippen molar-refractivity contribution >= 4 is 5.52 Å². The molecule has 0 aliphatic rings. The Bertz CT molecular complexity index is 830. The van der Waals surface area contributed by atoms with Gasteiger partial charge in [-0.15, -0.1) is 0 Å². The van der Waals surface area contributed by atoms with Crippen molar-refractivity contribution in [3.8, 4) is 5.69 Å². The smallest absolute Gasteiger partial charge is 0.279 e. The molecule has 0 aliphatic heterocycles. The second-order valence-electron chi connectivity index (χ2n) is 4.65. The fraction of sp³-hybridized carbons (Fsp3) is 0.235. The topological polar surface area (TPSA) is 26.4 Å². The van der Waals surface area contributed by atoms with Crippen LogP contribution in [0.4, 0.5) is 4.39 Å². The number of aryl methyl sites for hydroxylation is 2. The minimum absolute atomic E-state index is 0.131. The minimum atomic E-state index is -0.351. The summed E-state index contributed by atoms with van der Waals surface area (Å²) in [6.07, 6.45) is 3.73. The van der Waals surface area contributed by atoms with Gasteiger partial charge in [0.2, 0.25) is 0 Å². The maximum atomic E-state index is 13.3. The van der Waals surface area contributed by atoms with E-state index in [1.54, 1.807) is 12.1 Å². The number of halogens is 1. The van der Waals surface area contributed by atoms with Crippen molar-refractivity contribution in [2.24, 2.45) is 0 Å². The number of hydrogen-bond acceptors (Lipinski definition) is 1. The van der Waals surface area contributed by atoms with Gasteiger partial charge in [-0.25, -0.2) is 4.39 Å². The Morgan fingerprint density at radius 2 is 1.81 bits per heavy atom. The fourth-order valence-electron chi connectivity index (χ4n) is 2.40. The molecule has 110 valence electrons. The molecule has 0 saturated carbocycles. The Hall–Kier alpha value is -2.36. The average Bonchev–Trinajstić information content (AvgIpc) is 2.82. The Balaban J connectivity index is 0.000000774. The third kappa shape index (κ3) is 2.61. The van der Waals surface area contributed by atoms with Gasteiger partial charge in [-0.2, -0.15) is 0 Å². The van der Waals surface area contributed by atoms with Crippen LogP contribution in [0.1, 0.15) is 25.1 Å². The van der Waals surface area contributed by atoms with E-state index in [9.17, 15) is 9.18 Å². The van der Waals surface area contributed by atoms with E-state index < -0.39 is 0 Å². The molecule has 0 atom stereocenters. The maximum Gasteiger partial charge on any atom is 0.279 e. The first-order chi connectivity index (χ1) is 10.1. The van der Waals surface area contributed by atoms with Crippen molar-refractivity contribution in [2.75, 3.05) is 0 Å². The molecule has 3 rings (SSSR count). The van der Waals surface area contributed by atoms with Crippen molar-refractivity contribution in [1.29, 1.82) is 0 Å². The summed E-state index contributed by atoms with van der Waals surface area (Å²) in [7, 11) is 0. The van der Waals surface area contributed by atoms with Crippen LogP contribution in [0.2, 0.25) is 0 Å². The van der Waals surface area contributed by atoms with Gasteiger partial charge in [0, 0.05) is 18.1 Å². The van der Waals surface area contributed by atoms with Crippen molar-refractivity contribution in [1.82, 2.24) is 8.97 Å². The molecule has 3 aromatic rings. The largest absolute Gasteiger partial charge is 0.317 e. The summed E-state index contributed by atoms with van der Waals surface area (Å²) in [6.45, 7) is 7.73. The zero-order valence-electron chi connectivity index (χ0n) is 12.7. The summed E-state index contributed by atoms with van der Waals surface area (Å²) >= 11 is 0. The van der Waals surface area contributed by atoms with Crippen LogP contribution in [-0.2, 0) is 0 Å². The van der Waals surface area contributed by atoms with Crippen molar-refractivity contribution in [3.63, 3.8) is 0 Å². The van der Waals surface area contributed by atoms with Crippen LogP contribution in [-0.4, -0.2) is 8.97 Å². The predicted molar refractivity (Wildman–Crippen MR) is 83.8 cm³/mol. The lowest BCUT2D eigenvalue weighted by atomic mass is 10.2. The molecule has 0 bridgehead atoms. The van der Waals surface area contributed by atoms with Gasteiger partial charge in [-0.1, -0.05) is 19.9 Å². The van der Waals surface area contributed by atoms with Crippen molar-refractivity contribution in [3.05, 3.63) is 70.2 Å². The molecule has 0 aliphatic carbocycles. The number of fused-ring (bicyclic) bond motifs is 1. The molecule has 3 nitrogen and oxygen atoms in total. The standard InChI is InChI=1S/C15H13FN2O.C2H6/c1-10-6-7-17-9-11(2)18(15(19)14(10)17)13-5-3-4-12(16)8-13;1-2/h3-9H,1-2H3;1-2H3. The maximum absolute atomic E-state index is 13.3. The molecule has 2 aromatic heterocycles. The zero-order valence-corrected chi connectivity index (χ0v) is 12.7. The van der Waals surface area contributed by atoms with Crippen LogP contribution in [0.25, 0.3) is 11.2 Å². The van der Waals surface area contributed by atoms with E-state index in [-0.39, 0.29) is 11.4 Å². The fourth-order valence-corrected chi connectivity index (χ4v) is 2.40. The Morgan fingerprint density at radius 3 is 2.48 bits per heavy atom. The lowest BCUT2D eigenvalue weighted by molar-refractivity contribution is 0.626. The second-order valence-corrected chi connectivity index (χ2v) is 4.65. The lowest BCUT2D eigenvalue weighted by Crippen LogP contribution is -2.23. The zero-order chi connectivity index (χ0) is 15.6. The SMILES string of the molecule is CC.Cc1ccn2cc(C)n(-c3cccc(F)c3)c(=O)c12. The van der Waals surface area contributed by atoms with Crippen LogP contribution in [0.5, 0.6) is 0 Å². The molecule has 0 radical (unpaired) electrons. The van der Waals surface area contributed by atoms with Gasteiger partial charge >= 0.3 is 0 Å². The van der Waals surface area contributed by atoms with E-state index in [0.717, 1.165) is 11.3 Å². The molecule has 0 saturated heterocycles. The highest BCUT2D eigenvalue weighted by Crippen LogP contribution is 2.14. The Kier molecular flexibility index (Phi) is 4.26. The second kappa shape index (κ2) is 5.95. The predicted octanol–water partition coefficient (Wildman–Crippen LogP) is 3.87. The third-order valence-corrected chi connectivity index (χ3v) is 3.27. The van der Waals surface area contributed by atoms with Gasteiger partial charge in [0.05, 0.1) is 5.69 Å². The first-order valence-corrected chi connectivity index (χ1v) is 7.04. The normalized spacial score (nSPS) is 10.3. The molecule has 21 heavy (non-hydrogen) atoms. The summed E-state index contributed by atoms with van der Waals surface area (Å²) < 4.78 is 16.7. The highest BCUT2D eigenvalue weighted by molar-refractivity contribution is 5.55. The minimum Gasteiger partial charge on any atom is -0.317 e. The van der Waals surface area contributed by atoms with E-state index in [1.165, 1.54) is 16.7 Å². The number of rotatable bonds is 1. The average molecular weight is 286 g/mol. The molecule has 4 heteroatoms. The highest BCUT2D eigenvalue weighted by Gasteiger charge is 2.10. The van der Waals surface area contributed by atoms with Crippen LogP contribution in [0, 0.1) is 19.7 Å². The van der Waals surface area contributed by atoms with Gasteiger partial charge in [0.1, 0.15) is 11.3 Å². The first kappa shape index (κ1) is 15.0. The van der Waals surface area contributed by atoms with Crippen LogP contribution < -0.4 is 5.56 Å². The van der Waals surface area contributed by atoms with E-state index in [0.29, 0.717) is 11.2 Å². The third-order valence-electron chi connectivity index (χ3n) is 3.27. The summed E-state index contributed by atoms with van der Waals surface area (Å²) in [4.78, 5) is 12.6. The van der Waals surface area contributed by atoms with Gasteiger partial charge < -0.3 is 4.40 Å². The monoisotopic (exact) mass is 286 g/mol. The van der Waals surface area contributed by atoms with Gasteiger partial charge in [-0.3, -0.25) is 9.36 Å². The summed E-state index contributed by atoms with van der Waals surface area (Å²) in [5, 5.41) is 0. The Labute approximate surface area is 123 Å². The molecule has 0 unspecified atom stereocenters. The van der Waals surface area contributed by atoms with Gasteiger partial charge in [0.25, 0.3) is 5.56 Å². The Morgan fingerprint density at radius 1 is 1.10 bits per heavy atom. The van der Waals surface area contributed by atoms with Crippen molar-refractivity contribution < 1.29 is 4.39 Å². The summed E-state index contributed by atoms with van der Waals surface area (Å²) in [6, 6.07) is 7.96. The molecule has 0 fully saturated rings. The molecule has 0 amide bonds. The van der Waals surface area contributed by atoms with E-state index in [4.69, 9.17) is 0 Å². The summed E-state index contributed by atoms with van der Waals surface area (Å²) in [5.74, 6) is -0.351. The molecule has 1 aromatic carbocycles. The lowest BCUT2D eigenvalue weighted by Gasteiger charge is -2.11. The molecule has 2 heterocycles. The van der Waals surface area contributed by atoms with E-state index >= 15 is 0 Å². The first-order valence-electron chi connectivity index (χ1n) is 7.04. The van der Waals surface area contributed by atoms with E-state index in [2.05, 4.69) is 0 Å². The van der Waals surface area contributed by atoms with Gasteiger partial charge in [-0.05, 0) is 43.7 Å². The molecule has 0 spiro atoms. The number of hydrogen-bond donors (Lipinski definition) is 0. The summed E-state index contributed by atoms with van der Waals surface area (Å²) in [5.41, 5.74) is 2.71. The molecular formula is C17H19FN2O. The number of benzene rings is 1. The number of nitrogens with zero attached hydrogens (tertiary/aromatic N) is 2. The van der Waals surface area contributed by atoms with Crippen LogP contribution >= 0.6 is 0 Å². The molecular weight excluding hydrogens is 267 g/mol. The molecule has 0 N–H and O–H groups in total. The van der Waals surface area contributed by atoms with Gasteiger partial charge in [0.15, 0.2) is 0 Å². The quantitative estimate of drug-likeness (QED) is 0.667. The van der Waals surface area contributed by atoms with Crippen LogP contribution in [0.15, 0.2) is 47.5 Å². The van der Waals surface area contributed by atoms with Crippen molar-refractivity contribution in [2.45, 2.75) is 27.7 Å².